The van der Waals surface area contributed by atoms with Gasteiger partial charge < -0.3 is 40.3 Å². The summed E-state index contributed by atoms with van der Waals surface area (Å²) in [6.07, 6.45) is -0.888. The van der Waals surface area contributed by atoms with Gasteiger partial charge in [0.15, 0.2) is 0 Å². The van der Waals surface area contributed by atoms with Gasteiger partial charge in [0.2, 0.25) is 0 Å². The lowest BCUT2D eigenvalue weighted by Crippen LogP contribution is -2.48. The number of carboxylic acids is 6. The van der Waals surface area contributed by atoms with Crippen molar-refractivity contribution in [1.82, 2.24) is 39.5 Å². The Kier molecular flexibility index (Phi) is 21.7. The van der Waals surface area contributed by atoms with E-state index in [1.807, 2.05) is 0 Å². The maximum Gasteiger partial charge on any atom is 0.325 e. The summed E-state index contributed by atoms with van der Waals surface area (Å²) in [6, 6.07) is 0. The molecule has 0 aliphatic carbocycles. The van der Waals surface area contributed by atoms with Crippen molar-refractivity contribution >= 4 is 47.8 Å². The fraction of sp³-hybridized carbons (Fsp3) is 0.750. The molecule has 0 aromatic carbocycles. The third kappa shape index (κ3) is 22.1. The van der Waals surface area contributed by atoms with Crippen LogP contribution in [0.3, 0.4) is 0 Å². The van der Waals surface area contributed by atoms with E-state index < -0.39 is 60.6 Å². The summed E-state index contributed by atoms with van der Waals surface area (Å²) in [5.41, 5.74) is 0. The lowest BCUT2D eigenvalue weighted by molar-refractivity contribution is -0.199. The second-order valence-corrected chi connectivity index (χ2v) is 13.3. The predicted molar refractivity (Wildman–Crippen MR) is 189 cm³/mol. The molecule has 0 amide bonds. The molecule has 0 spiro atoms. The van der Waals surface area contributed by atoms with E-state index in [0.29, 0.717) is 0 Å². The Labute approximate surface area is 322 Å². The molecule has 0 bridgehead atoms. The standard InChI is InChI=1S/C32H54N8O16/c41-25(42)19-33-3-7-35(21-27(45)46)11-15-39(16-12-36(8-4-33)22-28(47)48)55-31(53)1-2-32(54)56-40-17-13-37(23-29(49)50)9-5-34(20-26(43)44)6-10-38(14-18-40)24-30(51)52/h1-24H2,(H,41,42)(H,43,44)(H,45,46)(H,47,48)(H,49,50)(H,51,52). The molecule has 2 heterocycles. The highest BCUT2D eigenvalue weighted by Gasteiger charge is 2.25. The minimum absolute atomic E-state index is 0.00480. The van der Waals surface area contributed by atoms with Gasteiger partial charge in [-0.25, -0.2) is 0 Å². The molecule has 0 radical (unpaired) electrons. The lowest BCUT2D eigenvalue weighted by Gasteiger charge is -2.32. The second-order valence-electron chi connectivity index (χ2n) is 13.3. The zero-order valence-electron chi connectivity index (χ0n) is 31.3. The molecule has 318 valence electrons. The number of carbonyl (C=O) groups excluding carboxylic acids is 2. The van der Waals surface area contributed by atoms with Crippen molar-refractivity contribution < 1.29 is 78.7 Å². The van der Waals surface area contributed by atoms with Crippen LogP contribution in [0.2, 0.25) is 0 Å². The van der Waals surface area contributed by atoms with E-state index in [1.165, 1.54) is 10.1 Å². The van der Waals surface area contributed by atoms with E-state index in [1.54, 1.807) is 29.4 Å². The minimum atomic E-state index is -1.12. The van der Waals surface area contributed by atoms with Gasteiger partial charge in [-0.1, -0.05) is 0 Å². The molecule has 2 fully saturated rings. The number of carboxylic acid groups (broad SMARTS) is 6. The fourth-order valence-electron chi connectivity index (χ4n) is 5.90. The quantitative estimate of drug-likeness (QED) is 0.0809. The normalized spacial score (nSPS) is 19.6. The highest BCUT2D eigenvalue weighted by atomic mass is 16.7. The topological polar surface area (TPSA) is 302 Å². The van der Waals surface area contributed by atoms with Crippen molar-refractivity contribution in [3.8, 4) is 0 Å². The highest BCUT2D eigenvalue weighted by Crippen LogP contribution is 2.07. The molecular weight excluding hydrogens is 752 g/mol. The number of hydrogen-bond acceptors (Lipinski definition) is 18. The molecule has 0 atom stereocenters. The SMILES string of the molecule is O=C(O)CN1CCN(CC(=O)O)CCN(OC(=O)CCC(=O)ON2CCN(CC(=O)O)CCN(CC(=O)O)CCN(CC(=O)O)CC2)CCN(CC(=O)O)CC1. The number of carbonyl (C=O) groups is 8. The van der Waals surface area contributed by atoms with Gasteiger partial charge in [0, 0.05) is 105 Å². The van der Waals surface area contributed by atoms with E-state index in [0.717, 1.165) is 0 Å². The predicted octanol–water partition coefficient (Wildman–Crippen LogP) is -4.37. The van der Waals surface area contributed by atoms with Crippen LogP contribution >= 0.6 is 0 Å². The second kappa shape index (κ2) is 25.6. The average molecular weight is 807 g/mol. The lowest BCUT2D eigenvalue weighted by atomic mass is 10.3. The van der Waals surface area contributed by atoms with Crippen molar-refractivity contribution in [1.29, 1.82) is 0 Å². The average Bonchev–Trinajstić information content (AvgIpc) is 3.08. The van der Waals surface area contributed by atoms with Crippen LogP contribution in [0.1, 0.15) is 12.8 Å². The zero-order chi connectivity index (χ0) is 41.6. The van der Waals surface area contributed by atoms with Crippen LogP contribution in [0.4, 0.5) is 0 Å². The molecule has 6 N–H and O–H groups in total. The minimum Gasteiger partial charge on any atom is -0.480 e. The van der Waals surface area contributed by atoms with E-state index >= 15 is 0 Å². The molecule has 24 heteroatoms. The molecule has 0 aromatic heterocycles. The van der Waals surface area contributed by atoms with Crippen molar-refractivity contribution in [2.45, 2.75) is 12.8 Å². The molecule has 2 aliphatic heterocycles. The van der Waals surface area contributed by atoms with Gasteiger partial charge in [0.05, 0.1) is 52.1 Å². The van der Waals surface area contributed by atoms with Crippen LogP contribution < -0.4 is 0 Å². The maximum absolute atomic E-state index is 13.0. The zero-order valence-corrected chi connectivity index (χ0v) is 31.3. The summed E-state index contributed by atoms with van der Waals surface area (Å²) < 4.78 is 0. The Morgan fingerprint density at radius 3 is 0.625 bits per heavy atom. The number of hydrogen-bond donors (Lipinski definition) is 6. The Balaban J connectivity index is 2.09. The third-order valence-electron chi connectivity index (χ3n) is 8.74. The molecule has 2 rings (SSSR count). The fourth-order valence-corrected chi connectivity index (χ4v) is 5.90. The summed E-state index contributed by atoms with van der Waals surface area (Å²) in [7, 11) is 0. The van der Waals surface area contributed by atoms with Crippen LogP contribution in [0.25, 0.3) is 0 Å². The first-order valence-corrected chi connectivity index (χ1v) is 18.0. The van der Waals surface area contributed by atoms with Gasteiger partial charge in [-0.15, -0.1) is 10.1 Å². The van der Waals surface area contributed by atoms with Crippen molar-refractivity contribution in [2.75, 3.05) is 144 Å². The van der Waals surface area contributed by atoms with Gasteiger partial charge in [-0.3, -0.25) is 67.8 Å². The van der Waals surface area contributed by atoms with Crippen LogP contribution in [0, 0.1) is 0 Å². The molecule has 2 aliphatic rings. The number of nitrogens with zero attached hydrogens (tertiary/aromatic N) is 8. The Bertz CT molecular complexity index is 1180. The molecule has 0 unspecified atom stereocenters. The first-order valence-electron chi connectivity index (χ1n) is 18.0. The van der Waals surface area contributed by atoms with Crippen LogP contribution in [0.5, 0.6) is 0 Å². The monoisotopic (exact) mass is 806 g/mol. The molecular formula is C32H54N8O16. The first-order chi connectivity index (χ1) is 26.5. The first kappa shape index (κ1) is 47.6. The summed E-state index contributed by atoms with van der Waals surface area (Å²) in [5, 5.41) is 58.8. The van der Waals surface area contributed by atoms with Gasteiger partial charge >= 0.3 is 47.8 Å². The summed E-state index contributed by atoms with van der Waals surface area (Å²) >= 11 is 0. The Hall–Kier alpha value is -4.56. The summed E-state index contributed by atoms with van der Waals surface area (Å²) in [4.78, 5) is 115. The van der Waals surface area contributed by atoms with Gasteiger partial charge in [-0.05, 0) is 0 Å². The van der Waals surface area contributed by atoms with E-state index in [4.69, 9.17) is 9.68 Å². The summed E-state index contributed by atoms with van der Waals surface area (Å²) in [6.45, 7) is -0.406. The smallest absolute Gasteiger partial charge is 0.325 e. The van der Waals surface area contributed by atoms with Crippen LogP contribution in [-0.4, -0.2) is 262 Å². The van der Waals surface area contributed by atoms with Crippen LogP contribution in [-0.2, 0) is 48.0 Å². The van der Waals surface area contributed by atoms with Crippen molar-refractivity contribution in [3.63, 3.8) is 0 Å². The van der Waals surface area contributed by atoms with Gasteiger partial charge in [0.25, 0.3) is 0 Å². The van der Waals surface area contributed by atoms with Crippen LogP contribution in [0.15, 0.2) is 0 Å². The largest absolute Gasteiger partial charge is 0.480 e. The Morgan fingerprint density at radius 2 is 0.464 bits per heavy atom. The van der Waals surface area contributed by atoms with E-state index in [2.05, 4.69) is 0 Å². The van der Waals surface area contributed by atoms with Crippen molar-refractivity contribution in [2.24, 2.45) is 0 Å². The highest BCUT2D eigenvalue weighted by molar-refractivity contribution is 5.77. The van der Waals surface area contributed by atoms with Gasteiger partial charge in [0.1, 0.15) is 0 Å². The Morgan fingerprint density at radius 1 is 0.304 bits per heavy atom. The van der Waals surface area contributed by atoms with Gasteiger partial charge in [-0.2, -0.15) is 0 Å². The number of aliphatic carboxylic acids is 6. The van der Waals surface area contributed by atoms with E-state index in [9.17, 15) is 69.0 Å². The number of rotatable bonds is 17. The molecule has 0 aromatic rings. The summed E-state index contributed by atoms with van der Waals surface area (Å²) in [5.74, 6) is -8.36. The number of hydroxylamine groups is 4. The maximum atomic E-state index is 13.0. The molecule has 0 saturated carbocycles. The third-order valence-corrected chi connectivity index (χ3v) is 8.74. The molecule has 24 nitrogen and oxygen atoms in total. The molecule has 2 saturated heterocycles. The van der Waals surface area contributed by atoms with E-state index in [-0.39, 0.29) is 144 Å². The molecule has 56 heavy (non-hydrogen) atoms. The van der Waals surface area contributed by atoms with Crippen molar-refractivity contribution in [3.05, 3.63) is 0 Å².